The molecule has 0 spiro atoms. The Labute approximate surface area is 228 Å². The van der Waals surface area contributed by atoms with Crippen molar-refractivity contribution in [2.24, 2.45) is 5.92 Å². The number of benzene rings is 1. The molecular formula is C26H28F4N4O3S2. The molecule has 1 saturated heterocycles. The van der Waals surface area contributed by atoms with E-state index in [9.17, 15) is 30.8 Å². The van der Waals surface area contributed by atoms with Gasteiger partial charge in [0.15, 0.2) is 0 Å². The number of pyridine rings is 1. The molecule has 4 rings (SSSR count). The van der Waals surface area contributed by atoms with E-state index in [0.717, 1.165) is 31.2 Å². The summed E-state index contributed by atoms with van der Waals surface area (Å²) >= 11 is 1.35. The molecule has 1 aromatic carbocycles. The van der Waals surface area contributed by atoms with Crippen LogP contribution >= 0.6 is 11.3 Å². The quantitative estimate of drug-likeness (QED) is 0.348. The van der Waals surface area contributed by atoms with Gasteiger partial charge in [-0.25, -0.2) is 17.8 Å². The minimum Gasteiger partial charge on any atom is -0.356 e. The molecule has 3 heterocycles. The molecule has 1 atom stereocenters. The first-order valence-corrected chi connectivity index (χ1v) is 15.0. The lowest BCUT2D eigenvalue weighted by atomic mass is 9.92. The maximum absolute atomic E-state index is 14.8. The summed E-state index contributed by atoms with van der Waals surface area (Å²) in [5.41, 5.74) is 0.0752. The Morgan fingerprint density at radius 1 is 1.15 bits per heavy atom. The van der Waals surface area contributed by atoms with Gasteiger partial charge in [0.1, 0.15) is 17.3 Å². The molecule has 1 aliphatic rings. The molecule has 0 radical (unpaired) electrons. The van der Waals surface area contributed by atoms with E-state index in [2.05, 4.69) is 21.9 Å². The van der Waals surface area contributed by atoms with Crippen LogP contribution in [0.1, 0.15) is 48.1 Å². The zero-order valence-corrected chi connectivity index (χ0v) is 22.9. The molecule has 3 aromatic rings. The molecule has 7 nitrogen and oxygen atoms in total. The van der Waals surface area contributed by atoms with Crippen LogP contribution in [0, 0.1) is 11.7 Å². The fraction of sp³-hybridized carbons (Fsp3) is 0.385. The molecule has 2 N–H and O–H groups in total. The number of aromatic nitrogens is 1. The average molecular weight is 585 g/mol. The van der Waals surface area contributed by atoms with Crippen LogP contribution in [0.25, 0.3) is 0 Å². The lowest BCUT2D eigenvalue weighted by molar-refractivity contribution is -0.141. The highest BCUT2D eigenvalue weighted by molar-refractivity contribution is 7.92. The van der Waals surface area contributed by atoms with Gasteiger partial charge in [-0.2, -0.15) is 24.5 Å². The molecule has 0 bridgehead atoms. The number of nitrogens with zero attached hydrogens (tertiary/aromatic N) is 2. The molecule has 1 aliphatic heterocycles. The second kappa shape index (κ2) is 11.5. The highest BCUT2D eigenvalue weighted by atomic mass is 32.2. The van der Waals surface area contributed by atoms with Crippen LogP contribution in [0.5, 0.6) is 0 Å². The number of hydrogen-bond donors (Lipinski definition) is 2. The first kappa shape index (κ1) is 28.8. The van der Waals surface area contributed by atoms with Crippen molar-refractivity contribution in [2.45, 2.75) is 38.4 Å². The van der Waals surface area contributed by atoms with Gasteiger partial charge in [-0.05, 0) is 64.9 Å². The normalized spacial score (nSPS) is 15.7. The van der Waals surface area contributed by atoms with E-state index >= 15 is 0 Å². The number of thiophene rings is 1. The summed E-state index contributed by atoms with van der Waals surface area (Å²) in [5.74, 6) is -1.62. The van der Waals surface area contributed by atoms with Crippen molar-refractivity contribution >= 4 is 38.8 Å². The molecule has 0 aliphatic carbocycles. The van der Waals surface area contributed by atoms with E-state index in [4.69, 9.17) is 0 Å². The fourth-order valence-corrected chi connectivity index (χ4v) is 5.73. The molecule has 0 saturated carbocycles. The van der Waals surface area contributed by atoms with Crippen molar-refractivity contribution in [1.29, 1.82) is 0 Å². The Morgan fingerprint density at radius 2 is 1.87 bits per heavy atom. The SMILES string of the molecule is CC1CCN(c2nc(C(F)(F)F)ccc2CNC(=O)C(c2ccsc2)c2ccc(NS(C)(=O)=O)c(F)c2)CC1. The van der Waals surface area contributed by atoms with Crippen molar-refractivity contribution < 1.29 is 30.8 Å². The number of carbonyl (C=O) groups is 1. The van der Waals surface area contributed by atoms with Crippen molar-refractivity contribution in [3.63, 3.8) is 0 Å². The second-order valence-electron chi connectivity index (χ2n) is 9.67. The average Bonchev–Trinajstić information content (AvgIpc) is 3.38. The molecule has 39 heavy (non-hydrogen) atoms. The number of hydrogen-bond acceptors (Lipinski definition) is 6. The standard InChI is InChI=1S/C26H28F4N4O3S2/c1-16-7-10-34(11-8-16)24-18(4-6-22(32-24)26(28,29)30)14-31-25(35)23(19-9-12-38-15-19)17-3-5-21(20(27)13-17)33-39(2,36)37/h3-6,9,12-13,15-16,23,33H,7-8,10-11,14H2,1-2H3,(H,31,35). The van der Waals surface area contributed by atoms with Crippen LogP contribution < -0.4 is 14.9 Å². The van der Waals surface area contributed by atoms with Gasteiger partial charge < -0.3 is 10.2 Å². The number of anilines is 2. The summed E-state index contributed by atoms with van der Waals surface area (Å²) in [7, 11) is -3.71. The Kier molecular flexibility index (Phi) is 8.50. The molecule has 1 unspecified atom stereocenters. The topological polar surface area (TPSA) is 91.4 Å². The van der Waals surface area contributed by atoms with Crippen molar-refractivity contribution in [3.8, 4) is 0 Å². The van der Waals surface area contributed by atoms with E-state index in [-0.39, 0.29) is 18.1 Å². The Morgan fingerprint density at radius 3 is 2.46 bits per heavy atom. The van der Waals surface area contributed by atoms with E-state index < -0.39 is 39.5 Å². The number of alkyl halides is 3. The number of amides is 1. The Bertz CT molecular complexity index is 1420. The smallest absolute Gasteiger partial charge is 0.356 e. The highest BCUT2D eigenvalue weighted by Gasteiger charge is 2.34. The Hall–Kier alpha value is -3.19. The second-order valence-corrected chi connectivity index (χ2v) is 12.2. The third-order valence-corrected chi connectivity index (χ3v) is 7.84. The summed E-state index contributed by atoms with van der Waals surface area (Å²) in [6.45, 7) is 3.12. The lowest BCUT2D eigenvalue weighted by Gasteiger charge is -2.33. The summed E-state index contributed by atoms with van der Waals surface area (Å²) in [6.07, 6.45) is -2.07. The first-order valence-electron chi connectivity index (χ1n) is 12.2. The Balaban J connectivity index is 1.60. The van der Waals surface area contributed by atoms with Crippen LogP contribution in [0.2, 0.25) is 0 Å². The predicted octanol–water partition coefficient (Wildman–Crippen LogP) is 5.36. The molecular weight excluding hydrogens is 556 g/mol. The van der Waals surface area contributed by atoms with E-state index in [1.54, 1.807) is 16.8 Å². The van der Waals surface area contributed by atoms with E-state index in [0.29, 0.717) is 35.7 Å². The van der Waals surface area contributed by atoms with Gasteiger partial charge in [-0.1, -0.05) is 19.1 Å². The van der Waals surface area contributed by atoms with Gasteiger partial charge in [-0.3, -0.25) is 9.52 Å². The zero-order valence-electron chi connectivity index (χ0n) is 21.3. The maximum Gasteiger partial charge on any atom is 0.433 e. The first-order chi connectivity index (χ1) is 18.3. The lowest BCUT2D eigenvalue weighted by Crippen LogP contribution is -2.36. The van der Waals surface area contributed by atoms with Crippen LogP contribution in [-0.2, 0) is 27.5 Å². The van der Waals surface area contributed by atoms with Gasteiger partial charge in [0.2, 0.25) is 15.9 Å². The monoisotopic (exact) mass is 584 g/mol. The van der Waals surface area contributed by atoms with Gasteiger partial charge in [0.05, 0.1) is 17.9 Å². The number of halogens is 4. The molecule has 1 fully saturated rings. The van der Waals surface area contributed by atoms with Gasteiger partial charge >= 0.3 is 6.18 Å². The van der Waals surface area contributed by atoms with Crippen LogP contribution in [0.3, 0.4) is 0 Å². The fourth-order valence-electron chi connectivity index (χ4n) is 4.48. The summed E-state index contributed by atoms with van der Waals surface area (Å²) in [4.78, 5) is 19.2. The summed E-state index contributed by atoms with van der Waals surface area (Å²) in [5, 5.41) is 6.29. The third kappa shape index (κ3) is 7.27. The van der Waals surface area contributed by atoms with Crippen molar-refractivity contribution in [3.05, 3.63) is 75.4 Å². The summed E-state index contributed by atoms with van der Waals surface area (Å²) < 4.78 is 80.1. The third-order valence-electron chi connectivity index (χ3n) is 6.54. The maximum atomic E-state index is 14.8. The zero-order chi connectivity index (χ0) is 28.4. The number of sulfonamides is 1. The molecule has 210 valence electrons. The minimum atomic E-state index is -4.61. The van der Waals surface area contributed by atoms with Crippen molar-refractivity contribution in [2.75, 3.05) is 29.0 Å². The van der Waals surface area contributed by atoms with Crippen LogP contribution in [0.15, 0.2) is 47.2 Å². The number of nitrogens with one attached hydrogen (secondary N) is 2. The predicted molar refractivity (Wildman–Crippen MR) is 143 cm³/mol. The molecule has 2 aromatic heterocycles. The number of carbonyl (C=O) groups excluding carboxylic acids is 1. The van der Waals surface area contributed by atoms with Gasteiger partial charge in [-0.15, -0.1) is 0 Å². The van der Waals surface area contributed by atoms with E-state index in [1.807, 2.05) is 4.90 Å². The van der Waals surface area contributed by atoms with Gasteiger partial charge in [0, 0.05) is 25.2 Å². The van der Waals surface area contributed by atoms with E-state index in [1.165, 1.54) is 29.5 Å². The highest BCUT2D eigenvalue weighted by Crippen LogP contribution is 2.33. The summed E-state index contributed by atoms with van der Waals surface area (Å²) in [6, 6.07) is 7.74. The van der Waals surface area contributed by atoms with Crippen molar-refractivity contribution in [1.82, 2.24) is 10.3 Å². The largest absolute Gasteiger partial charge is 0.433 e. The molecule has 1 amide bonds. The number of rotatable bonds is 8. The minimum absolute atomic E-state index is 0.0812. The number of piperidine rings is 1. The van der Waals surface area contributed by atoms with Crippen LogP contribution in [0.4, 0.5) is 29.1 Å². The van der Waals surface area contributed by atoms with Crippen LogP contribution in [-0.4, -0.2) is 38.7 Å². The van der Waals surface area contributed by atoms with Gasteiger partial charge in [0.25, 0.3) is 0 Å². The molecule has 13 heteroatoms.